The molecule has 1 unspecified atom stereocenters. The lowest BCUT2D eigenvalue weighted by Gasteiger charge is -2.27. The summed E-state index contributed by atoms with van der Waals surface area (Å²) in [4.78, 5) is 27.5. The molecule has 76 valence electrons. The fourth-order valence-corrected chi connectivity index (χ4v) is 1.98. The van der Waals surface area contributed by atoms with Crippen LogP contribution in [0.5, 0.6) is 0 Å². The first-order valence-electron chi connectivity index (χ1n) is 4.92. The summed E-state index contributed by atoms with van der Waals surface area (Å²) in [6, 6.07) is 0.185. The summed E-state index contributed by atoms with van der Waals surface area (Å²) in [5.41, 5.74) is 0. The van der Waals surface area contributed by atoms with Gasteiger partial charge in [-0.2, -0.15) is 0 Å². The van der Waals surface area contributed by atoms with Crippen LogP contribution in [0.25, 0.3) is 0 Å². The Morgan fingerprint density at radius 3 is 2.29 bits per heavy atom. The van der Waals surface area contributed by atoms with Crippen LogP contribution in [0, 0.1) is 5.92 Å². The highest BCUT2D eigenvalue weighted by atomic mass is 16.1. The van der Waals surface area contributed by atoms with Crippen molar-refractivity contribution in [3.05, 3.63) is 0 Å². The van der Waals surface area contributed by atoms with Gasteiger partial charge in [-0.1, -0.05) is 0 Å². The minimum absolute atomic E-state index is 0.0497. The molecule has 1 aliphatic rings. The lowest BCUT2D eigenvalue weighted by molar-refractivity contribution is 0.293. The van der Waals surface area contributed by atoms with Gasteiger partial charge in [-0.15, -0.1) is 0 Å². The van der Waals surface area contributed by atoms with Gasteiger partial charge in [0.1, 0.15) is 0 Å². The van der Waals surface area contributed by atoms with Gasteiger partial charge < -0.3 is 0 Å². The van der Waals surface area contributed by atoms with Crippen LogP contribution in [0.1, 0.15) is 32.6 Å². The quantitative estimate of drug-likeness (QED) is 0.506. The Kier molecular flexibility index (Phi) is 4.24. The third-order valence-electron chi connectivity index (χ3n) is 2.92. The molecule has 0 amide bonds. The first kappa shape index (κ1) is 10.8. The average Bonchev–Trinajstić information content (AvgIpc) is 2.20. The van der Waals surface area contributed by atoms with E-state index in [1.165, 1.54) is 0 Å². The van der Waals surface area contributed by atoms with Gasteiger partial charge in [0.05, 0.1) is 12.1 Å². The van der Waals surface area contributed by atoms with Gasteiger partial charge in [-0.25, -0.2) is 19.6 Å². The molecule has 0 radical (unpaired) electrons. The van der Waals surface area contributed by atoms with Crippen LogP contribution in [0.2, 0.25) is 0 Å². The van der Waals surface area contributed by atoms with E-state index in [1.807, 2.05) is 6.92 Å². The van der Waals surface area contributed by atoms with Gasteiger partial charge in [-0.05, 0) is 38.5 Å². The fourth-order valence-electron chi connectivity index (χ4n) is 1.98. The highest BCUT2D eigenvalue weighted by Gasteiger charge is 2.24. The number of isocyanates is 2. The molecule has 14 heavy (non-hydrogen) atoms. The topological polar surface area (TPSA) is 58.9 Å². The predicted octanol–water partition coefficient (Wildman–Crippen LogP) is 1.61. The van der Waals surface area contributed by atoms with Crippen molar-refractivity contribution in [2.45, 2.75) is 44.7 Å². The van der Waals surface area contributed by atoms with Gasteiger partial charge in [0, 0.05) is 0 Å². The minimum atomic E-state index is 0.0497. The molecule has 0 N–H and O–H groups in total. The van der Waals surface area contributed by atoms with Crippen LogP contribution in [-0.2, 0) is 9.59 Å². The summed E-state index contributed by atoms with van der Waals surface area (Å²) in [5.74, 6) is 0.439. The van der Waals surface area contributed by atoms with Gasteiger partial charge in [0.15, 0.2) is 0 Å². The SMILES string of the molecule is CC(N=C=O)C1CCC(N=C=O)CC1. The Hall–Kier alpha value is -1.24. The molecule has 1 atom stereocenters. The van der Waals surface area contributed by atoms with Crippen molar-refractivity contribution in [2.24, 2.45) is 15.9 Å². The van der Waals surface area contributed by atoms with Crippen molar-refractivity contribution >= 4 is 12.2 Å². The molecule has 1 rings (SSSR count). The van der Waals surface area contributed by atoms with Gasteiger partial charge >= 0.3 is 0 Å². The van der Waals surface area contributed by atoms with Crippen molar-refractivity contribution in [3.63, 3.8) is 0 Å². The van der Waals surface area contributed by atoms with E-state index in [-0.39, 0.29) is 12.1 Å². The average molecular weight is 194 g/mol. The molecule has 0 saturated heterocycles. The van der Waals surface area contributed by atoms with Crippen LogP contribution in [0.3, 0.4) is 0 Å². The van der Waals surface area contributed by atoms with E-state index in [1.54, 1.807) is 12.2 Å². The Labute approximate surface area is 83.1 Å². The zero-order chi connectivity index (χ0) is 10.4. The van der Waals surface area contributed by atoms with Crippen LogP contribution in [-0.4, -0.2) is 24.2 Å². The maximum absolute atomic E-state index is 10.1. The summed E-state index contributed by atoms with van der Waals surface area (Å²) < 4.78 is 0. The zero-order valence-electron chi connectivity index (χ0n) is 8.27. The normalized spacial score (nSPS) is 28.4. The molecule has 0 spiro atoms. The van der Waals surface area contributed by atoms with Crippen LogP contribution < -0.4 is 0 Å². The highest BCUT2D eigenvalue weighted by molar-refractivity contribution is 5.34. The molecule has 1 aliphatic carbocycles. The summed E-state index contributed by atoms with van der Waals surface area (Å²) in [6.07, 6.45) is 6.94. The summed E-state index contributed by atoms with van der Waals surface area (Å²) in [6.45, 7) is 1.93. The summed E-state index contributed by atoms with van der Waals surface area (Å²) in [7, 11) is 0. The lowest BCUT2D eigenvalue weighted by Crippen LogP contribution is -2.23. The van der Waals surface area contributed by atoms with E-state index in [4.69, 9.17) is 0 Å². The molecule has 0 bridgehead atoms. The Balaban J connectivity index is 2.42. The Bertz CT molecular complexity index is 270. The second-order valence-corrected chi connectivity index (χ2v) is 3.75. The largest absolute Gasteiger partial charge is 0.235 e. The van der Waals surface area contributed by atoms with E-state index in [9.17, 15) is 9.59 Å². The molecule has 0 aromatic heterocycles. The maximum atomic E-state index is 10.1. The number of carbonyl (C=O) groups excluding carboxylic acids is 2. The number of hydrogen-bond acceptors (Lipinski definition) is 4. The van der Waals surface area contributed by atoms with Crippen molar-refractivity contribution in [2.75, 3.05) is 0 Å². The van der Waals surface area contributed by atoms with Crippen LogP contribution in [0.15, 0.2) is 9.98 Å². The number of hydrogen-bond donors (Lipinski definition) is 0. The van der Waals surface area contributed by atoms with E-state index in [2.05, 4.69) is 9.98 Å². The molecule has 0 aliphatic heterocycles. The third-order valence-corrected chi connectivity index (χ3v) is 2.92. The third kappa shape index (κ3) is 2.91. The molecule has 1 fully saturated rings. The highest BCUT2D eigenvalue weighted by Crippen LogP contribution is 2.29. The number of nitrogens with zero attached hydrogens (tertiary/aromatic N) is 2. The Morgan fingerprint density at radius 2 is 1.79 bits per heavy atom. The van der Waals surface area contributed by atoms with Gasteiger partial charge in [0.2, 0.25) is 12.2 Å². The van der Waals surface area contributed by atoms with E-state index < -0.39 is 0 Å². The molecular formula is C10H14N2O2. The first-order chi connectivity index (χ1) is 6.77. The molecular weight excluding hydrogens is 180 g/mol. The van der Waals surface area contributed by atoms with Gasteiger partial charge in [0.25, 0.3) is 0 Å². The summed E-state index contributed by atoms with van der Waals surface area (Å²) >= 11 is 0. The van der Waals surface area contributed by atoms with E-state index in [0.717, 1.165) is 25.7 Å². The number of aliphatic imine (C=N–C) groups is 2. The maximum Gasteiger partial charge on any atom is 0.235 e. The fraction of sp³-hybridized carbons (Fsp3) is 0.800. The molecule has 4 heteroatoms. The zero-order valence-corrected chi connectivity index (χ0v) is 8.27. The Morgan fingerprint density at radius 1 is 1.14 bits per heavy atom. The molecule has 0 aromatic rings. The van der Waals surface area contributed by atoms with Crippen LogP contribution >= 0.6 is 0 Å². The first-order valence-corrected chi connectivity index (χ1v) is 4.92. The van der Waals surface area contributed by atoms with Gasteiger partial charge in [-0.3, -0.25) is 0 Å². The minimum Gasteiger partial charge on any atom is -0.211 e. The molecule has 4 nitrogen and oxygen atoms in total. The predicted molar refractivity (Wildman–Crippen MR) is 51.5 cm³/mol. The van der Waals surface area contributed by atoms with Crippen molar-refractivity contribution < 1.29 is 9.59 Å². The summed E-state index contributed by atoms with van der Waals surface area (Å²) in [5, 5.41) is 0. The van der Waals surface area contributed by atoms with Crippen molar-refractivity contribution in [1.82, 2.24) is 0 Å². The standard InChI is InChI=1S/C10H14N2O2/c1-8(11-6-13)9-2-4-10(5-3-9)12-7-14/h8-10H,2-5H2,1H3. The monoisotopic (exact) mass is 194 g/mol. The van der Waals surface area contributed by atoms with E-state index in [0.29, 0.717) is 5.92 Å². The van der Waals surface area contributed by atoms with Crippen LogP contribution in [0.4, 0.5) is 0 Å². The second-order valence-electron chi connectivity index (χ2n) is 3.75. The molecule has 0 heterocycles. The smallest absolute Gasteiger partial charge is 0.211 e. The second kappa shape index (κ2) is 5.48. The molecule has 0 aromatic carbocycles. The lowest BCUT2D eigenvalue weighted by atomic mass is 9.82. The number of rotatable bonds is 3. The van der Waals surface area contributed by atoms with Crippen molar-refractivity contribution in [1.29, 1.82) is 0 Å². The van der Waals surface area contributed by atoms with Crippen molar-refractivity contribution in [3.8, 4) is 0 Å². The van der Waals surface area contributed by atoms with E-state index >= 15 is 0 Å². The molecule has 1 saturated carbocycles.